The quantitative estimate of drug-likeness (QED) is 0.625. The number of carboxylic acid groups (broad SMARTS) is 1. The van der Waals surface area contributed by atoms with E-state index in [0.717, 1.165) is 0 Å². The summed E-state index contributed by atoms with van der Waals surface area (Å²) in [5.41, 5.74) is 0. The first-order valence-corrected chi connectivity index (χ1v) is 1.49. The molecule has 2 nitrogen and oxygen atoms in total. The Morgan fingerprint density at radius 1 is 1.83 bits per heavy atom. The number of carbonyl (C=O) groups is 1. The van der Waals surface area contributed by atoms with Gasteiger partial charge in [0.15, 0.2) is 0 Å². The molecule has 0 spiro atoms. The predicted octanol–water partition coefficient (Wildman–Crippen LogP) is 0.100. The molecular formula is C3H6BaO2. The number of carboxylic acids is 1. The standard InChI is InChI=1S/C3H6O2.Ba/c1-2-3(4)5;/h2H2,1H3,(H,4,5);. The molecule has 0 aliphatic carbocycles. The monoisotopic (exact) mass is 212 g/mol. The largest absolute Gasteiger partial charge is 0.481 e. The number of aliphatic carboxylic acids is 1. The van der Waals surface area contributed by atoms with Crippen molar-refractivity contribution >= 4 is 54.9 Å². The van der Waals surface area contributed by atoms with Crippen molar-refractivity contribution in [1.29, 1.82) is 0 Å². The molecule has 0 unspecified atom stereocenters. The number of rotatable bonds is 1. The Kier molecular flexibility index (Phi) is 10.2. The van der Waals surface area contributed by atoms with Crippen LogP contribution in [0.5, 0.6) is 0 Å². The van der Waals surface area contributed by atoms with Crippen LogP contribution in [0.15, 0.2) is 0 Å². The van der Waals surface area contributed by atoms with E-state index in [-0.39, 0.29) is 55.3 Å². The Morgan fingerprint density at radius 2 is 2.00 bits per heavy atom. The molecule has 6 heavy (non-hydrogen) atoms. The van der Waals surface area contributed by atoms with Gasteiger partial charge in [0.05, 0.1) is 0 Å². The van der Waals surface area contributed by atoms with Crippen molar-refractivity contribution in [2.45, 2.75) is 13.3 Å². The fourth-order valence-corrected chi connectivity index (χ4v) is 0. The second-order valence-corrected chi connectivity index (χ2v) is 0.747. The van der Waals surface area contributed by atoms with Gasteiger partial charge < -0.3 is 5.11 Å². The van der Waals surface area contributed by atoms with E-state index in [0.29, 0.717) is 0 Å². The van der Waals surface area contributed by atoms with Gasteiger partial charge >= 0.3 is 5.97 Å². The Balaban J connectivity index is 0. The fraction of sp³-hybridized carbons (Fsp3) is 0.667. The van der Waals surface area contributed by atoms with E-state index in [1.165, 1.54) is 0 Å². The van der Waals surface area contributed by atoms with Crippen molar-refractivity contribution in [1.82, 2.24) is 0 Å². The molecule has 2 radical (unpaired) electrons. The molecule has 3 heteroatoms. The second kappa shape index (κ2) is 6.04. The maximum Gasteiger partial charge on any atom is 0.303 e. The Labute approximate surface area is 77.0 Å². The molecule has 0 bridgehead atoms. The van der Waals surface area contributed by atoms with E-state index < -0.39 is 5.97 Å². The van der Waals surface area contributed by atoms with Crippen LogP contribution in [0.4, 0.5) is 0 Å². The van der Waals surface area contributed by atoms with Gasteiger partial charge in [0.25, 0.3) is 0 Å². The second-order valence-electron chi connectivity index (χ2n) is 0.747. The van der Waals surface area contributed by atoms with Crippen molar-refractivity contribution in [2.75, 3.05) is 0 Å². The van der Waals surface area contributed by atoms with E-state index in [4.69, 9.17) is 5.11 Å². The molecule has 0 atom stereocenters. The summed E-state index contributed by atoms with van der Waals surface area (Å²) < 4.78 is 0. The summed E-state index contributed by atoms with van der Waals surface area (Å²) in [7, 11) is 0. The zero-order chi connectivity index (χ0) is 4.28. The Bertz CT molecular complexity index is 44.1. The third-order valence-corrected chi connectivity index (χ3v) is 0.302. The topological polar surface area (TPSA) is 37.3 Å². The predicted molar refractivity (Wildman–Crippen MR) is 23.7 cm³/mol. The van der Waals surface area contributed by atoms with Crippen molar-refractivity contribution in [2.24, 2.45) is 0 Å². The maximum absolute atomic E-state index is 9.37. The molecule has 0 amide bonds. The molecular weight excluding hydrogens is 205 g/mol. The summed E-state index contributed by atoms with van der Waals surface area (Å²) in [5.74, 6) is -0.745. The van der Waals surface area contributed by atoms with Crippen LogP contribution in [0.25, 0.3) is 0 Å². The molecule has 0 aromatic carbocycles. The van der Waals surface area contributed by atoms with Gasteiger partial charge in [-0.3, -0.25) is 4.79 Å². The molecule has 0 saturated heterocycles. The van der Waals surface area contributed by atoms with Gasteiger partial charge in [-0.2, -0.15) is 0 Å². The maximum atomic E-state index is 9.37. The summed E-state index contributed by atoms with van der Waals surface area (Å²) in [6.07, 6.45) is 0.222. The summed E-state index contributed by atoms with van der Waals surface area (Å²) >= 11 is 0. The zero-order valence-corrected chi connectivity index (χ0v) is 8.21. The number of hydrogen-bond acceptors (Lipinski definition) is 1. The third kappa shape index (κ3) is 8.90. The molecule has 0 aromatic heterocycles. The minimum Gasteiger partial charge on any atom is -0.481 e. The molecule has 0 aromatic rings. The zero-order valence-electron chi connectivity index (χ0n) is 3.77. The third-order valence-electron chi connectivity index (χ3n) is 0.302. The number of hydrogen-bond donors (Lipinski definition) is 1. The van der Waals surface area contributed by atoms with Crippen LogP contribution in [-0.2, 0) is 4.79 Å². The van der Waals surface area contributed by atoms with Crippen molar-refractivity contribution in [3.05, 3.63) is 0 Å². The molecule has 0 aliphatic heterocycles. The van der Waals surface area contributed by atoms with Crippen LogP contribution in [0.3, 0.4) is 0 Å². The van der Waals surface area contributed by atoms with Gasteiger partial charge in [0, 0.05) is 55.3 Å². The van der Waals surface area contributed by atoms with Crippen molar-refractivity contribution < 1.29 is 9.90 Å². The van der Waals surface area contributed by atoms with Gasteiger partial charge in [-0.15, -0.1) is 0 Å². The molecule has 1 N–H and O–H groups in total. The van der Waals surface area contributed by atoms with Gasteiger partial charge in [0.2, 0.25) is 0 Å². The van der Waals surface area contributed by atoms with Gasteiger partial charge in [-0.25, -0.2) is 0 Å². The van der Waals surface area contributed by atoms with Crippen molar-refractivity contribution in [3.63, 3.8) is 0 Å². The molecule has 0 saturated carbocycles. The van der Waals surface area contributed by atoms with Crippen LogP contribution < -0.4 is 0 Å². The van der Waals surface area contributed by atoms with Gasteiger partial charge in [-0.05, 0) is 0 Å². The first-order valence-electron chi connectivity index (χ1n) is 1.49. The Hall–Kier alpha value is 1.04. The minimum absolute atomic E-state index is 0. The summed E-state index contributed by atoms with van der Waals surface area (Å²) in [5, 5.41) is 7.72. The molecule has 0 aliphatic rings. The van der Waals surface area contributed by atoms with E-state index in [1.54, 1.807) is 6.92 Å². The van der Waals surface area contributed by atoms with E-state index in [1.807, 2.05) is 0 Å². The van der Waals surface area contributed by atoms with Crippen LogP contribution in [0, 0.1) is 0 Å². The smallest absolute Gasteiger partial charge is 0.303 e. The molecule has 32 valence electrons. The SMILES string of the molecule is CCC(=O)O.[Ba]. The van der Waals surface area contributed by atoms with E-state index in [9.17, 15) is 4.79 Å². The van der Waals surface area contributed by atoms with E-state index in [2.05, 4.69) is 0 Å². The first kappa shape index (κ1) is 10.1. The van der Waals surface area contributed by atoms with E-state index >= 15 is 0 Å². The molecule has 0 rings (SSSR count). The van der Waals surface area contributed by atoms with Gasteiger partial charge in [-0.1, -0.05) is 6.92 Å². The summed E-state index contributed by atoms with van der Waals surface area (Å²) in [6, 6.07) is 0. The first-order chi connectivity index (χ1) is 2.27. The minimum atomic E-state index is -0.745. The molecule has 0 fully saturated rings. The Morgan fingerprint density at radius 3 is 2.00 bits per heavy atom. The van der Waals surface area contributed by atoms with Crippen LogP contribution in [0.1, 0.15) is 13.3 Å². The molecule has 0 heterocycles. The summed E-state index contributed by atoms with van der Waals surface area (Å²) in [6.45, 7) is 1.60. The normalized spacial score (nSPS) is 6.17. The van der Waals surface area contributed by atoms with Gasteiger partial charge in [0.1, 0.15) is 0 Å². The van der Waals surface area contributed by atoms with Crippen LogP contribution >= 0.6 is 0 Å². The average Bonchev–Trinajstić information content (AvgIpc) is 1.38. The average molecular weight is 211 g/mol. The summed E-state index contributed by atoms with van der Waals surface area (Å²) in [4.78, 5) is 9.37. The van der Waals surface area contributed by atoms with Crippen LogP contribution in [-0.4, -0.2) is 60.0 Å². The van der Waals surface area contributed by atoms with Crippen LogP contribution in [0.2, 0.25) is 0 Å². The van der Waals surface area contributed by atoms with Crippen molar-refractivity contribution in [3.8, 4) is 0 Å². The fourth-order valence-electron chi connectivity index (χ4n) is 0.